The molecule has 2 aromatic rings. The van der Waals surface area contributed by atoms with Crippen LogP contribution in [0.3, 0.4) is 0 Å². The molecule has 0 spiro atoms. The van der Waals surface area contributed by atoms with Crippen LogP contribution >= 0.6 is 22.6 Å². The van der Waals surface area contributed by atoms with E-state index in [-0.39, 0.29) is 5.91 Å². The molecule has 1 amide bonds. The van der Waals surface area contributed by atoms with Crippen molar-refractivity contribution >= 4 is 34.7 Å². The van der Waals surface area contributed by atoms with Gasteiger partial charge in [-0.2, -0.15) is 5.10 Å². The summed E-state index contributed by atoms with van der Waals surface area (Å²) < 4.78 is 16.5. The molecule has 0 heterocycles. The van der Waals surface area contributed by atoms with E-state index in [1.165, 1.54) is 6.21 Å². The first-order chi connectivity index (χ1) is 11.6. The van der Waals surface area contributed by atoms with Crippen molar-refractivity contribution in [2.75, 3.05) is 21.3 Å². The minimum atomic E-state index is -0.311. The van der Waals surface area contributed by atoms with Gasteiger partial charge in [-0.25, -0.2) is 5.43 Å². The number of nitrogens with one attached hydrogen (secondary N) is 1. The van der Waals surface area contributed by atoms with Gasteiger partial charge >= 0.3 is 0 Å². The lowest BCUT2D eigenvalue weighted by atomic mass is 10.2. The molecule has 0 saturated carbocycles. The van der Waals surface area contributed by atoms with Gasteiger partial charge in [0.15, 0.2) is 11.5 Å². The van der Waals surface area contributed by atoms with Gasteiger partial charge in [0.2, 0.25) is 0 Å². The Morgan fingerprint density at radius 3 is 2.46 bits per heavy atom. The first-order valence-corrected chi connectivity index (χ1v) is 8.06. The second-order valence-corrected chi connectivity index (χ2v) is 5.79. The quantitative estimate of drug-likeness (QED) is 0.426. The number of para-hydroxylation sites is 1. The van der Waals surface area contributed by atoms with E-state index in [4.69, 9.17) is 14.2 Å². The highest BCUT2D eigenvalue weighted by Crippen LogP contribution is 2.29. The maximum absolute atomic E-state index is 12.1. The van der Waals surface area contributed by atoms with Crippen LogP contribution in [0.2, 0.25) is 0 Å². The number of hydrazone groups is 1. The van der Waals surface area contributed by atoms with E-state index in [1.54, 1.807) is 45.6 Å². The van der Waals surface area contributed by atoms with Gasteiger partial charge in [-0.15, -0.1) is 0 Å². The van der Waals surface area contributed by atoms with Crippen LogP contribution in [0.4, 0.5) is 0 Å². The summed E-state index contributed by atoms with van der Waals surface area (Å²) in [5.41, 5.74) is 3.68. The average Bonchev–Trinajstić information content (AvgIpc) is 2.61. The summed E-state index contributed by atoms with van der Waals surface area (Å²) in [5, 5.41) is 3.98. The van der Waals surface area contributed by atoms with Gasteiger partial charge in [0.05, 0.1) is 31.1 Å². The van der Waals surface area contributed by atoms with Crippen molar-refractivity contribution in [3.05, 3.63) is 51.1 Å². The Labute approximate surface area is 153 Å². The first-order valence-electron chi connectivity index (χ1n) is 6.98. The van der Waals surface area contributed by atoms with Crippen LogP contribution in [0.15, 0.2) is 41.5 Å². The zero-order valence-corrected chi connectivity index (χ0v) is 15.7. The van der Waals surface area contributed by atoms with E-state index in [0.717, 1.165) is 9.32 Å². The fourth-order valence-corrected chi connectivity index (χ4v) is 2.78. The van der Waals surface area contributed by atoms with Crippen molar-refractivity contribution in [1.29, 1.82) is 0 Å². The predicted octanol–water partition coefficient (Wildman–Crippen LogP) is 3.08. The zero-order valence-electron chi connectivity index (χ0n) is 13.5. The Balaban J connectivity index is 2.12. The van der Waals surface area contributed by atoms with E-state index in [2.05, 4.69) is 33.1 Å². The summed E-state index contributed by atoms with van der Waals surface area (Å²) in [6.45, 7) is 0. The van der Waals surface area contributed by atoms with Crippen LogP contribution in [-0.4, -0.2) is 33.5 Å². The monoisotopic (exact) mass is 440 g/mol. The topological polar surface area (TPSA) is 69.2 Å². The molecule has 0 aliphatic carbocycles. The minimum Gasteiger partial charge on any atom is -0.496 e. The first kappa shape index (κ1) is 18.1. The molecule has 0 atom stereocenters. The number of methoxy groups -OCH3 is 3. The third kappa shape index (κ3) is 4.16. The van der Waals surface area contributed by atoms with E-state index in [1.807, 2.05) is 12.1 Å². The number of rotatable bonds is 6. The van der Waals surface area contributed by atoms with Crippen LogP contribution in [0.25, 0.3) is 0 Å². The molecule has 2 rings (SSSR count). The maximum atomic E-state index is 12.1. The molecule has 7 heteroatoms. The molecule has 0 aliphatic heterocycles. The Morgan fingerprint density at radius 1 is 1.08 bits per heavy atom. The van der Waals surface area contributed by atoms with Gasteiger partial charge in [0.1, 0.15) is 5.75 Å². The van der Waals surface area contributed by atoms with Crippen LogP contribution in [0.1, 0.15) is 15.9 Å². The molecule has 0 unspecified atom stereocenters. The number of hydrogen-bond acceptors (Lipinski definition) is 5. The SMILES string of the molecule is COc1ccc(C(=O)NN=Cc2cccc(OC)c2OC)cc1I. The van der Waals surface area contributed by atoms with Crippen molar-refractivity contribution in [2.45, 2.75) is 0 Å². The summed E-state index contributed by atoms with van der Waals surface area (Å²) in [4.78, 5) is 12.1. The Morgan fingerprint density at radius 2 is 1.83 bits per heavy atom. The number of carbonyl (C=O) groups is 1. The van der Waals surface area contributed by atoms with Crippen molar-refractivity contribution in [2.24, 2.45) is 5.10 Å². The average molecular weight is 440 g/mol. The van der Waals surface area contributed by atoms with Crippen LogP contribution in [0, 0.1) is 3.57 Å². The summed E-state index contributed by atoms with van der Waals surface area (Å²) in [6.07, 6.45) is 1.51. The lowest BCUT2D eigenvalue weighted by Crippen LogP contribution is -2.17. The van der Waals surface area contributed by atoms with Crippen molar-refractivity contribution in [3.8, 4) is 17.2 Å². The van der Waals surface area contributed by atoms with E-state index >= 15 is 0 Å². The second-order valence-electron chi connectivity index (χ2n) is 4.63. The Bertz CT molecular complexity index is 762. The molecule has 2 aromatic carbocycles. The smallest absolute Gasteiger partial charge is 0.271 e. The van der Waals surface area contributed by atoms with Crippen LogP contribution in [0.5, 0.6) is 17.2 Å². The molecule has 0 saturated heterocycles. The number of carbonyl (C=O) groups excluding carboxylic acids is 1. The predicted molar refractivity (Wildman–Crippen MR) is 100 cm³/mol. The summed E-state index contributed by atoms with van der Waals surface area (Å²) in [6, 6.07) is 10.6. The molecule has 24 heavy (non-hydrogen) atoms. The molecule has 0 bridgehead atoms. The second kappa shape index (κ2) is 8.53. The number of ether oxygens (including phenoxy) is 3. The van der Waals surface area contributed by atoms with Crippen LogP contribution < -0.4 is 19.6 Å². The molecule has 1 N–H and O–H groups in total. The van der Waals surface area contributed by atoms with Gasteiger partial charge in [-0.1, -0.05) is 6.07 Å². The number of hydrogen-bond donors (Lipinski definition) is 1. The Hall–Kier alpha value is -2.29. The number of nitrogens with zero attached hydrogens (tertiary/aromatic N) is 1. The molecule has 126 valence electrons. The third-order valence-corrected chi connectivity index (χ3v) is 4.06. The molecular formula is C17H17IN2O4. The van der Waals surface area contributed by atoms with Crippen molar-refractivity contribution in [3.63, 3.8) is 0 Å². The molecule has 0 fully saturated rings. The fourth-order valence-electron chi connectivity index (χ4n) is 2.05. The van der Waals surface area contributed by atoms with Gasteiger partial charge in [-0.05, 0) is 52.9 Å². The maximum Gasteiger partial charge on any atom is 0.271 e. The van der Waals surface area contributed by atoms with E-state index in [9.17, 15) is 4.79 Å². The van der Waals surface area contributed by atoms with Gasteiger partial charge in [0.25, 0.3) is 5.91 Å². The molecule has 6 nitrogen and oxygen atoms in total. The standard InChI is InChI=1S/C17H17IN2O4/c1-22-14-8-7-11(9-13(14)18)17(21)20-19-10-12-5-4-6-15(23-2)16(12)24-3/h4-10H,1-3H3,(H,20,21). The number of halogens is 1. The van der Waals surface area contributed by atoms with Gasteiger partial charge in [0, 0.05) is 11.1 Å². The zero-order chi connectivity index (χ0) is 17.5. The summed E-state index contributed by atoms with van der Waals surface area (Å²) in [7, 11) is 4.70. The summed E-state index contributed by atoms with van der Waals surface area (Å²) >= 11 is 2.11. The van der Waals surface area contributed by atoms with Crippen molar-refractivity contribution in [1.82, 2.24) is 5.43 Å². The highest BCUT2D eigenvalue weighted by atomic mass is 127. The third-order valence-electron chi connectivity index (χ3n) is 3.22. The molecule has 0 aliphatic rings. The fraction of sp³-hybridized carbons (Fsp3) is 0.176. The number of amides is 1. The lowest BCUT2D eigenvalue weighted by molar-refractivity contribution is 0.0955. The van der Waals surface area contributed by atoms with Crippen LogP contribution in [-0.2, 0) is 0 Å². The minimum absolute atomic E-state index is 0.311. The highest BCUT2D eigenvalue weighted by Gasteiger charge is 2.09. The van der Waals surface area contributed by atoms with E-state index in [0.29, 0.717) is 22.6 Å². The molecular weight excluding hydrogens is 423 g/mol. The van der Waals surface area contributed by atoms with E-state index < -0.39 is 0 Å². The van der Waals surface area contributed by atoms with Gasteiger partial charge < -0.3 is 14.2 Å². The highest BCUT2D eigenvalue weighted by molar-refractivity contribution is 14.1. The largest absolute Gasteiger partial charge is 0.496 e. The van der Waals surface area contributed by atoms with Gasteiger partial charge in [-0.3, -0.25) is 4.79 Å². The van der Waals surface area contributed by atoms with Crippen molar-refractivity contribution < 1.29 is 19.0 Å². The Kier molecular flexibility index (Phi) is 6.42. The normalized spacial score (nSPS) is 10.5. The molecule has 0 radical (unpaired) electrons. The summed E-state index contributed by atoms with van der Waals surface area (Å²) in [5.74, 6) is 1.56. The molecule has 0 aromatic heterocycles. The number of benzene rings is 2. The lowest BCUT2D eigenvalue weighted by Gasteiger charge is -2.09.